The fourth-order valence-electron chi connectivity index (χ4n) is 1.41. The van der Waals surface area contributed by atoms with Gasteiger partial charge in [0.15, 0.2) is 0 Å². The van der Waals surface area contributed by atoms with Crippen molar-refractivity contribution in [1.82, 2.24) is 10.2 Å². The van der Waals surface area contributed by atoms with Crippen LogP contribution in [-0.2, 0) is 6.54 Å². The van der Waals surface area contributed by atoms with Crippen LogP contribution in [0.3, 0.4) is 0 Å². The van der Waals surface area contributed by atoms with E-state index < -0.39 is 0 Å². The molecule has 0 amide bonds. The Labute approximate surface area is 90.9 Å². The van der Waals surface area contributed by atoms with Gasteiger partial charge < -0.3 is 5.32 Å². The van der Waals surface area contributed by atoms with Crippen molar-refractivity contribution in [2.24, 2.45) is 0 Å². The largest absolute Gasteiger partial charge is 0.316 e. The van der Waals surface area contributed by atoms with Gasteiger partial charge in [0.05, 0.1) is 0 Å². The average molecular weight is 212 g/mol. The molecule has 0 saturated carbocycles. The Bertz CT molecular complexity index is 233. The lowest BCUT2D eigenvalue weighted by Crippen LogP contribution is -2.36. The SMILES string of the molecule is CCN(Cc1cccs1)CC(C)NC. The van der Waals surface area contributed by atoms with Gasteiger partial charge in [-0.25, -0.2) is 0 Å². The third kappa shape index (κ3) is 3.78. The van der Waals surface area contributed by atoms with Crippen LogP contribution < -0.4 is 5.32 Å². The molecule has 0 fully saturated rings. The molecule has 14 heavy (non-hydrogen) atoms. The van der Waals surface area contributed by atoms with Gasteiger partial charge in [-0.3, -0.25) is 4.90 Å². The number of nitrogens with one attached hydrogen (secondary N) is 1. The Morgan fingerprint density at radius 2 is 2.36 bits per heavy atom. The van der Waals surface area contributed by atoms with E-state index in [1.165, 1.54) is 4.88 Å². The maximum absolute atomic E-state index is 3.27. The summed E-state index contributed by atoms with van der Waals surface area (Å²) in [4.78, 5) is 3.92. The molecule has 3 heteroatoms. The molecular formula is C11H20N2S. The van der Waals surface area contributed by atoms with Crippen LogP contribution in [0.2, 0.25) is 0 Å². The lowest BCUT2D eigenvalue weighted by molar-refractivity contribution is 0.257. The summed E-state index contributed by atoms with van der Waals surface area (Å²) >= 11 is 1.84. The molecule has 0 aliphatic rings. The Kier molecular flexibility index (Phi) is 5.15. The van der Waals surface area contributed by atoms with Gasteiger partial charge in [-0.15, -0.1) is 11.3 Å². The van der Waals surface area contributed by atoms with Crippen LogP contribution in [0, 0.1) is 0 Å². The maximum atomic E-state index is 3.27. The molecule has 0 aliphatic heterocycles. The second-order valence-electron chi connectivity index (χ2n) is 3.60. The summed E-state index contributed by atoms with van der Waals surface area (Å²) in [5.41, 5.74) is 0. The minimum absolute atomic E-state index is 0.565. The molecule has 0 radical (unpaired) electrons. The fraction of sp³-hybridized carbons (Fsp3) is 0.636. The first kappa shape index (κ1) is 11.7. The van der Waals surface area contributed by atoms with E-state index in [-0.39, 0.29) is 0 Å². The van der Waals surface area contributed by atoms with Gasteiger partial charge >= 0.3 is 0 Å². The van der Waals surface area contributed by atoms with Gasteiger partial charge in [0.2, 0.25) is 0 Å². The zero-order valence-electron chi connectivity index (χ0n) is 9.29. The van der Waals surface area contributed by atoms with E-state index in [2.05, 4.69) is 41.6 Å². The Morgan fingerprint density at radius 1 is 1.57 bits per heavy atom. The highest BCUT2D eigenvalue weighted by atomic mass is 32.1. The summed E-state index contributed by atoms with van der Waals surface area (Å²) in [5, 5.41) is 5.41. The summed E-state index contributed by atoms with van der Waals surface area (Å²) in [6.07, 6.45) is 0. The minimum atomic E-state index is 0.565. The smallest absolute Gasteiger partial charge is 0.0328 e. The zero-order valence-corrected chi connectivity index (χ0v) is 10.1. The number of rotatable bonds is 6. The Balaban J connectivity index is 2.39. The van der Waals surface area contributed by atoms with Crippen molar-refractivity contribution in [3.05, 3.63) is 22.4 Å². The standard InChI is InChI=1S/C11H20N2S/c1-4-13(8-10(2)12-3)9-11-6-5-7-14-11/h5-7,10,12H,4,8-9H2,1-3H3. The summed E-state index contributed by atoms with van der Waals surface area (Å²) in [7, 11) is 2.02. The molecule has 0 spiro atoms. The number of hydrogen-bond donors (Lipinski definition) is 1. The van der Waals surface area contributed by atoms with E-state index in [9.17, 15) is 0 Å². The van der Waals surface area contributed by atoms with Crippen molar-refractivity contribution in [3.63, 3.8) is 0 Å². The molecule has 0 bridgehead atoms. The van der Waals surface area contributed by atoms with Crippen molar-refractivity contribution < 1.29 is 0 Å². The van der Waals surface area contributed by atoms with Gasteiger partial charge in [-0.2, -0.15) is 0 Å². The monoisotopic (exact) mass is 212 g/mol. The number of likely N-dealkylation sites (N-methyl/N-ethyl adjacent to an activating group) is 2. The van der Waals surface area contributed by atoms with Crippen LogP contribution in [0.25, 0.3) is 0 Å². The van der Waals surface area contributed by atoms with Crippen molar-refractivity contribution in [3.8, 4) is 0 Å². The Hall–Kier alpha value is -0.380. The summed E-state index contributed by atoms with van der Waals surface area (Å²) < 4.78 is 0. The zero-order chi connectivity index (χ0) is 10.4. The van der Waals surface area contributed by atoms with Crippen LogP contribution in [0.5, 0.6) is 0 Å². The number of nitrogens with zero attached hydrogens (tertiary/aromatic N) is 1. The third-order valence-electron chi connectivity index (χ3n) is 2.43. The number of thiophene rings is 1. The van der Waals surface area contributed by atoms with Crippen LogP contribution in [0.4, 0.5) is 0 Å². The van der Waals surface area contributed by atoms with E-state index >= 15 is 0 Å². The van der Waals surface area contributed by atoms with E-state index in [1.54, 1.807) is 0 Å². The average Bonchev–Trinajstić information content (AvgIpc) is 2.69. The topological polar surface area (TPSA) is 15.3 Å². The highest BCUT2D eigenvalue weighted by Crippen LogP contribution is 2.11. The van der Waals surface area contributed by atoms with Gasteiger partial charge in [0, 0.05) is 24.0 Å². The Morgan fingerprint density at radius 3 is 2.86 bits per heavy atom. The van der Waals surface area contributed by atoms with E-state index in [1.807, 2.05) is 18.4 Å². The van der Waals surface area contributed by atoms with Crippen molar-refractivity contribution in [2.75, 3.05) is 20.1 Å². The molecule has 1 aromatic heterocycles. The van der Waals surface area contributed by atoms with Gasteiger partial charge in [0.1, 0.15) is 0 Å². The summed E-state index contributed by atoms with van der Waals surface area (Å²) in [5.74, 6) is 0. The highest BCUT2D eigenvalue weighted by Gasteiger charge is 2.07. The van der Waals surface area contributed by atoms with Crippen LogP contribution in [0.15, 0.2) is 17.5 Å². The van der Waals surface area contributed by atoms with E-state index in [0.717, 1.165) is 19.6 Å². The molecule has 80 valence electrons. The molecule has 1 rings (SSSR count). The first-order valence-electron chi connectivity index (χ1n) is 5.18. The normalized spacial score (nSPS) is 13.4. The molecule has 0 aromatic carbocycles. The molecule has 1 aromatic rings. The van der Waals surface area contributed by atoms with Crippen LogP contribution >= 0.6 is 11.3 Å². The van der Waals surface area contributed by atoms with Gasteiger partial charge in [-0.1, -0.05) is 13.0 Å². The highest BCUT2D eigenvalue weighted by molar-refractivity contribution is 7.09. The summed E-state index contributed by atoms with van der Waals surface area (Å²) in [6, 6.07) is 4.89. The van der Waals surface area contributed by atoms with Crippen molar-refractivity contribution in [1.29, 1.82) is 0 Å². The lowest BCUT2D eigenvalue weighted by atomic mass is 10.3. The van der Waals surface area contributed by atoms with Crippen molar-refractivity contribution in [2.45, 2.75) is 26.4 Å². The molecule has 1 atom stereocenters. The third-order valence-corrected chi connectivity index (χ3v) is 3.29. The second-order valence-corrected chi connectivity index (χ2v) is 4.63. The van der Waals surface area contributed by atoms with Crippen LogP contribution in [0.1, 0.15) is 18.7 Å². The molecule has 1 unspecified atom stereocenters. The van der Waals surface area contributed by atoms with Crippen molar-refractivity contribution >= 4 is 11.3 Å². The lowest BCUT2D eigenvalue weighted by Gasteiger charge is -2.23. The molecule has 1 heterocycles. The molecule has 1 N–H and O–H groups in total. The van der Waals surface area contributed by atoms with Crippen LogP contribution in [-0.4, -0.2) is 31.1 Å². The predicted octanol–water partition coefficient (Wildman–Crippen LogP) is 2.18. The molecular weight excluding hydrogens is 192 g/mol. The molecule has 0 saturated heterocycles. The maximum Gasteiger partial charge on any atom is 0.0328 e. The predicted molar refractivity (Wildman–Crippen MR) is 63.8 cm³/mol. The second kappa shape index (κ2) is 6.17. The minimum Gasteiger partial charge on any atom is -0.316 e. The molecule has 0 aliphatic carbocycles. The number of hydrogen-bond acceptors (Lipinski definition) is 3. The first-order valence-corrected chi connectivity index (χ1v) is 6.06. The van der Waals surface area contributed by atoms with Gasteiger partial charge in [-0.05, 0) is 32.0 Å². The van der Waals surface area contributed by atoms with E-state index in [0.29, 0.717) is 6.04 Å². The van der Waals surface area contributed by atoms with E-state index in [4.69, 9.17) is 0 Å². The molecule has 2 nitrogen and oxygen atoms in total. The fourth-order valence-corrected chi connectivity index (χ4v) is 2.15. The van der Waals surface area contributed by atoms with Gasteiger partial charge in [0.25, 0.3) is 0 Å². The quantitative estimate of drug-likeness (QED) is 0.777. The first-order chi connectivity index (χ1) is 6.76. The summed E-state index contributed by atoms with van der Waals surface area (Å²) in [6.45, 7) is 7.75.